The van der Waals surface area contributed by atoms with Gasteiger partial charge in [-0.25, -0.2) is 0 Å². The first-order chi connectivity index (χ1) is 6.16. The molecule has 0 heterocycles. The zero-order chi connectivity index (χ0) is 9.84. The third-order valence-electron chi connectivity index (χ3n) is 3.01. The number of nitrogens with zero attached hydrogens (tertiary/aromatic N) is 1. The Bertz CT molecular complexity index is 229. The molecule has 0 radical (unpaired) electrons. The molecule has 2 atom stereocenters. The summed E-state index contributed by atoms with van der Waals surface area (Å²) >= 11 is 0. The molecule has 0 aromatic rings. The van der Waals surface area contributed by atoms with Gasteiger partial charge >= 0.3 is 0 Å². The molecular formula is C11H17NO. The maximum Gasteiger partial charge on any atom is 0.298 e. The maximum atomic E-state index is 11.2. The van der Waals surface area contributed by atoms with E-state index in [0.717, 1.165) is 6.42 Å². The van der Waals surface area contributed by atoms with Crippen molar-refractivity contribution in [2.45, 2.75) is 38.6 Å². The monoisotopic (exact) mass is 179 g/mol. The van der Waals surface area contributed by atoms with Crippen LogP contribution in [-0.2, 0) is 4.79 Å². The molecule has 2 heteroatoms. The first-order valence-corrected chi connectivity index (χ1v) is 4.90. The van der Waals surface area contributed by atoms with Gasteiger partial charge in [-0.3, -0.25) is 4.79 Å². The number of hydrogen-bond acceptors (Lipinski definition) is 1. The van der Waals surface area contributed by atoms with Crippen molar-refractivity contribution in [2.75, 3.05) is 7.05 Å². The van der Waals surface area contributed by atoms with Crippen LogP contribution in [0.3, 0.4) is 0 Å². The molecule has 0 aromatic carbocycles. The van der Waals surface area contributed by atoms with Crippen molar-refractivity contribution in [3.8, 4) is 12.3 Å². The van der Waals surface area contributed by atoms with Gasteiger partial charge in [0.15, 0.2) is 0 Å². The zero-order valence-electron chi connectivity index (χ0n) is 8.42. The van der Waals surface area contributed by atoms with E-state index < -0.39 is 0 Å². The number of carbonyl (C=O) groups excluding carboxylic acids is 1. The highest BCUT2D eigenvalue weighted by Crippen LogP contribution is 2.27. The van der Waals surface area contributed by atoms with Crippen LogP contribution in [0.4, 0.5) is 0 Å². The Labute approximate surface area is 80.3 Å². The lowest BCUT2D eigenvalue weighted by atomic mass is 9.85. The molecular weight excluding hydrogens is 162 g/mol. The van der Waals surface area contributed by atoms with Crippen molar-refractivity contribution in [1.82, 2.24) is 4.90 Å². The van der Waals surface area contributed by atoms with Crippen molar-refractivity contribution in [3.63, 3.8) is 0 Å². The predicted molar refractivity (Wildman–Crippen MR) is 53.0 cm³/mol. The Kier molecular flexibility index (Phi) is 3.36. The molecule has 1 saturated carbocycles. The highest BCUT2D eigenvalue weighted by molar-refractivity contribution is 5.92. The minimum Gasteiger partial charge on any atom is -0.332 e. The van der Waals surface area contributed by atoms with Crippen LogP contribution in [-0.4, -0.2) is 23.9 Å². The summed E-state index contributed by atoms with van der Waals surface area (Å²) in [6, 6.07) is 0.359. The number of terminal acetylenes is 1. The predicted octanol–water partition coefficient (Wildman–Crippen LogP) is 1.66. The molecule has 0 saturated heterocycles. The van der Waals surface area contributed by atoms with E-state index in [1.807, 2.05) is 7.05 Å². The standard InChI is InChI=1S/C11H17NO/c1-4-11(13)12(3)10-8-6-5-7-9(10)2/h1,9-10H,5-8H2,2-3H3. The molecule has 0 bridgehead atoms. The molecule has 1 aliphatic carbocycles. The van der Waals surface area contributed by atoms with E-state index in [1.165, 1.54) is 19.3 Å². The van der Waals surface area contributed by atoms with Crippen LogP contribution >= 0.6 is 0 Å². The Hall–Kier alpha value is -0.970. The Morgan fingerprint density at radius 1 is 1.46 bits per heavy atom. The first-order valence-electron chi connectivity index (χ1n) is 4.90. The van der Waals surface area contributed by atoms with E-state index in [4.69, 9.17) is 6.42 Å². The van der Waals surface area contributed by atoms with E-state index in [1.54, 1.807) is 4.90 Å². The fourth-order valence-electron chi connectivity index (χ4n) is 2.12. The highest BCUT2D eigenvalue weighted by atomic mass is 16.2. The fraction of sp³-hybridized carbons (Fsp3) is 0.727. The van der Waals surface area contributed by atoms with Gasteiger partial charge in [0.05, 0.1) is 0 Å². The van der Waals surface area contributed by atoms with Crippen molar-refractivity contribution in [1.29, 1.82) is 0 Å². The van der Waals surface area contributed by atoms with Gasteiger partial charge in [0.1, 0.15) is 0 Å². The topological polar surface area (TPSA) is 20.3 Å². The number of amides is 1. The molecule has 1 rings (SSSR count). The van der Waals surface area contributed by atoms with Gasteiger partial charge in [-0.05, 0) is 24.7 Å². The number of carbonyl (C=O) groups is 1. The first kappa shape index (κ1) is 10.1. The van der Waals surface area contributed by atoms with Gasteiger partial charge in [-0.2, -0.15) is 0 Å². The molecule has 0 spiro atoms. The van der Waals surface area contributed by atoms with Gasteiger partial charge < -0.3 is 4.90 Å². The maximum absolute atomic E-state index is 11.2. The van der Waals surface area contributed by atoms with Gasteiger partial charge in [0.2, 0.25) is 0 Å². The Balaban J connectivity index is 2.59. The molecule has 72 valence electrons. The van der Waals surface area contributed by atoms with Crippen molar-refractivity contribution >= 4 is 5.91 Å². The number of hydrogen-bond donors (Lipinski definition) is 0. The van der Waals surface area contributed by atoms with Crippen molar-refractivity contribution < 1.29 is 4.79 Å². The molecule has 0 N–H and O–H groups in total. The molecule has 1 amide bonds. The van der Waals surface area contributed by atoms with Crippen LogP contribution in [0.25, 0.3) is 0 Å². The van der Waals surface area contributed by atoms with Crippen LogP contribution < -0.4 is 0 Å². The third-order valence-corrected chi connectivity index (χ3v) is 3.01. The summed E-state index contributed by atoms with van der Waals surface area (Å²) in [5, 5.41) is 0. The fourth-order valence-corrected chi connectivity index (χ4v) is 2.12. The Morgan fingerprint density at radius 2 is 2.08 bits per heavy atom. The van der Waals surface area contributed by atoms with E-state index >= 15 is 0 Å². The minimum atomic E-state index is -0.182. The summed E-state index contributed by atoms with van der Waals surface area (Å²) in [6.07, 6.45) is 9.91. The van der Waals surface area contributed by atoms with Gasteiger partial charge in [-0.15, -0.1) is 6.42 Å². The summed E-state index contributed by atoms with van der Waals surface area (Å²) in [6.45, 7) is 2.20. The van der Waals surface area contributed by atoms with E-state index in [0.29, 0.717) is 12.0 Å². The number of rotatable bonds is 1. The second-order valence-corrected chi connectivity index (χ2v) is 3.89. The summed E-state index contributed by atoms with van der Waals surface area (Å²) in [7, 11) is 1.81. The normalized spacial score (nSPS) is 27.8. The lowest BCUT2D eigenvalue weighted by Gasteiger charge is -2.35. The van der Waals surface area contributed by atoms with Crippen LogP contribution in [0.2, 0.25) is 0 Å². The SMILES string of the molecule is C#CC(=O)N(C)C1CCCCC1C. The second-order valence-electron chi connectivity index (χ2n) is 3.89. The lowest BCUT2D eigenvalue weighted by molar-refractivity contribution is -0.127. The van der Waals surface area contributed by atoms with Crippen LogP contribution in [0.5, 0.6) is 0 Å². The summed E-state index contributed by atoms with van der Waals surface area (Å²) in [5.74, 6) is 2.58. The average Bonchev–Trinajstić information content (AvgIpc) is 2.16. The van der Waals surface area contributed by atoms with Crippen molar-refractivity contribution in [3.05, 3.63) is 0 Å². The molecule has 2 unspecified atom stereocenters. The molecule has 1 aliphatic rings. The molecule has 1 fully saturated rings. The quantitative estimate of drug-likeness (QED) is 0.560. The van der Waals surface area contributed by atoms with Gasteiger partial charge in [0, 0.05) is 13.1 Å². The summed E-state index contributed by atoms with van der Waals surface area (Å²) in [4.78, 5) is 13.0. The van der Waals surface area contributed by atoms with E-state index in [-0.39, 0.29) is 5.91 Å². The average molecular weight is 179 g/mol. The van der Waals surface area contributed by atoms with Crippen molar-refractivity contribution in [2.24, 2.45) is 5.92 Å². The van der Waals surface area contributed by atoms with Crippen LogP contribution in [0.1, 0.15) is 32.6 Å². The van der Waals surface area contributed by atoms with Gasteiger partial charge in [0.25, 0.3) is 5.91 Å². The highest BCUT2D eigenvalue weighted by Gasteiger charge is 2.26. The Morgan fingerprint density at radius 3 is 2.62 bits per heavy atom. The van der Waals surface area contributed by atoms with E-state index in [9.17, 15) is 4.79 Å². The summed E-state index contributed by atoms with van der Waals surface area (Å²) in [5.41, 5.74) is 0. The molecule has 0 aromatic heterocycles. The minimum absolute atomic E-state index is 0.182. The largest absolute Gasteiger partial charge is 0.332 e. The molecule has 0 aliphatic heterocycles. The third kappa shape index (κ3) is 2.24. The molecule has 2 nitrogen and oxygen atoms in total. The zero-order valence-corrected chi connectivity index (χ0v) is 8.42. The summed E-state index contributed by atoms with van der Waals surface area (Å²) < 4.78 is 0. The smallest absolute Gasteiger partial charge is 0.298 e. The van der Waals surface area contributed by atoms with Crippen LogP contribution in [0, 0.1) is 18.3 Å². The van der Waals surface area contributed by atoms with E-state index in [2.05, 4.69) is 12.8 Å². The molecule has 13 heavy (non-hydrogen) atoms. The second kappa shape index (κ2) is 4.32. The van der Waals surface area contributed by atoms with Crippen LogP contribution in [0.15, 0.2) is 0 Å². The van der Waals surface area contributed by atoms with Gasteiger partial charge in [-0.1, -0.05) is 19.8 Å². The lowest BCUT2D eigenvalue weighted by Crippen LogP contribution is -2.42.